The molecule has 1 aromatic carbocycles. The molecule has 3 aromatic rings. The summed E-state index contributed by atoms with van der Waals surface area (Å²) in [7, 11) is -1.35. The van der Waals surface area contributed by atoms with Crippen LogP contribution < -0.4 is 15.4 Å². The first-order valence-corrected chi connectivity index (χ1v) is 14.8. The van der Waals surface area contributed by atoms with E-state index in [2.05, 4.69) is 33.6 Å². The normalized spacial score (nSPS) is 15.2. The zero-order valence-corrected chi connectivity index (χ0v) is 24.1. The first-order chi connectivity index (χ1) is 18.0. The number of piperidine rings is 1. The highest BCUT2D eigenvalue weighted by atomic mass is 35.5. The molecular weight excluding hydrogens is 522 g/mol. The Hall–Kier alpha value is -2.88. The summed E-state index contributed by atoms with van der Waals surface area (Å²) in [6, 6.07) is 10.6. The van der Waals surface area contributed by atoms with Crippen LogP contribution in [-0.2, 0) is 9.84 Å². The highest BCUT2D eigenvalue weighted by Gasteiger charge is 2.23. The minimum Gasteiger partial charge on any atom is -0.487 e. The highest BCUT2D eigenvalue weighted by molar-refractivity contribution is 7.92. The van der Waals surface area contributed by atoms with Gasteiger partial charge in [-0.2, -0.15) is 0 Å². The minimum absolute atomic E-state index is 0.0279. The highest BCUT2D eigenvalue weighted by Crippen LogP contribution is 2.36. The Morgan fingerprint density at radius 3 is 2.39 bits per heavy atom. The first-order valence-electron chi connectivity index (χ1n) is 12.9. The topological polar surface area (TPSA) is 96.5 Å². The number of hydrogen-bond donors (Lipinski definition) is 2. The lowest BCUT2D eigenvalue weighted by Gasteiger charge is -2.29. The van der Waals surface area contributed by atoms with Crippen molar-refractivity contribution < 1.29 is 13.2 Å². The summed E-state index contributed by atoms with van der Waals surface area (Å²) in [4.78, 5) is 11.7. The molecule has 0 atom stereocenters. The van der Waals surface area contributed by atoms with E-state index >= 15 is 0 Å². The van der Waals surface area contributed by atoms with Crippen LogP contribution in [0.4, 0.5) is 23.0 Å². The second-order valence-corrected chi connectivity index (χ2v) is 13.1. The fourth-order valence-electron chi connectivity index (χ4n) is 4.40. The van der Waals surface area contributed by atoms with Crippen molar-refractivity contribution in [3.63, 3.8) is 0 Å². The molecule has 1 saturated heterocycles. The van der Waals surface area contributed by atoms with E-state index in [-0.39, 0.29) is 11.0 Å². The van der Waals surface area contributed by atoms with E-state index in [9.17, 15) is 8.42 Å². The predicted molar refractivity (Wildman–Crippen MR) is 154 cm³/mol. The maximum Gasteiger partial charge on any atom is 0.182 e. The Bertz CT molecular complexity index is 1370. The molecule has 0 unspecified atom stereocenters. The number of likely N-dealkylation sites (tertiary alicyclic amines) is 1. The lowest BCUT2D eigenvalue weighted by atomic mass is 9.90. The molecule has 2 N–H and O–H groups in total. The zero-order chi connectivity index (χ0) is 27.4. The van der Waals surface area contributed by atoms with Crippen molar-refractivity contribution in [1.29, 1.82) is 0 Å². The number of hydrogen-bond acceptors (Lipinski definition) is 8. The third-order valence-electron chi connectivity index (χ3n) is 6.61. The SMILES string of the molecule is CC(C)Oc1cc(C2CCN(C)CC2)cnc1Nc1cc(Nc2ccccc2S(=O)(=O)C(C)C)c(Cl)cn1. The molecule has 10 heteroatoms. The monoisotopic (exact) mass is 557 g/mol. The lowest BCUT2D eigenvalue weighted by Crippen LogP contribution is -2.29. The van der Waals surface area contributed by atoms with Crippen LogP contribution in [0, 0.1) is 0 Å². The molecule has 0 radical (unpaired) electrons. The van der Waals surface area contributed by atoms with Crippen LogP contribution in [0.1, 0.15) is 52.0 Å². The molecule has 0 saturated carbocycles. The molecule has 2 aromatic heterocycles. The average molecular weight is 558 g/mol. The van der Waals surface area contributed by atoms with Crippen molar-refractivity contribution in [3.05, 3.63) is 59.4 Å². The smallest absolute Gasteiger partial charge is 0.182 e. The molecule has 0 spiro atoms. The van der Waals surface area contributed by atoms with Crippen molar-refractivity contribution in [3.8, 4) is 5.75 Å². The first kappa shape index (κ1) is 28.1. The molecule has 0 amide bonds. The van der Waals surface area contributed by atoms with Gasteiger partial charge in [0.15, 0.2) is 21.4 Å². The molecule has 3 heterocycles. The molecule has 204 valence electrons. The largest absolute Gasteiger partial charge is 0.487 e. The summed E-state index contributed by atoms with van der Waals surface area (Å²) < 4.78 is 31.9. The number of nitrogens with zero attached hydrogens (tertiary/aromatic N) is 3. The van der Waals surface area contributed by atoms with Crippen molar-refractivity contribution >= 4 is 44.4 Å². The minimum atomic E-state index is -3.50. The fourth-order valence-corrected chi connectivity index (χ4v) is 5.76. The van der Waals surface area contributed by atoms with Crippen LogP contribution in [0.3, 0.4) is 0 Å². The summed E-state index contributed by atoms with van der Waals surface area (Å²) in [5.41, 5.74) is 2.14. The summed E-state index contributed by atoms with van der Waals surface area (Å²) in [5, 5.41) is 6.24. The number of pyridine rings is 2. The van der Waals surface area contributed by atoms with Gasteiger partial charge in [0.1, 0.15) is 5.82 Å². The Kier molecular flexibility index (Phi) is 8.80. The van der Waals surface area contributed by atoms with E-state index in [1.165, 1.54) is 11.8 Å². The third kappa shape index (κ3) is 6.57. The van der Waals surface area contributed by atoms with Gasteiger partial charge in [0.05, 0.1) is 38.8 Å². The van der Waals surface area contributed by atoms with Gasteiger partial charge in [-0.3, -0.25) is 0 Å². The molecule has 0 bridgehead atoms. The summed E-state index contributed by atoms with van der Waals surface area (Å²) in [5.74, 6) is 2.16. The van der Waals surface area contributed by atoms with Crippen LogP contribution in [0.25, 0.3) is 0 Å². The van der Waals surface area contributed by atoms with Gasteiger partial charge in [0, 0.05) is 12.3 Å². The van der Waals surface area contributed by atoms with Crippen molar-refractivity contribution in [2.45, 2.75) is 62.7 Å². The number of para-hydroxylation sites is 1. The van der Waals surface area contributed by atoms with Gasteiger partial charge >= 0.3 is 0 Å². The van der Waals surface area contributed by atoms with E-state index in [4.69, 9.17) is 21.3 Å². The molecule has 1 fully saturated rings. The summed E-state index contributed by atoms with van der Waals surface area (Å²) >= 11 is 6.45. The van der Waals surface area contributed by atoms with Crippen LogP contribution in [0.2, 0.25) is 5.02 Å². The second-order valence-electron chi connectivity index (χ2n) is 10.2. The molecule has 0 aliphatic carbocycles. The van der Waals surface area contributed by atoms with E-state index in [1.807, 2.05) is 20.0 Å². The molecular formula is C28H36ClN5O3S. The Morgan fingerprint density at radius 1 is 1.00 bits per heavy atom. The third-order valence-corrected chi connectivity index (χ3v) is 9.12. The van der Waals surface area contributed by atoms with E-state index in [0.29, 0.717) is 39.7 Å². The number of sulfone groups is 1. The van der Waals surface area contributed by atoms with E-state index in [0.717, 1.165) is 25.9 Å². The van der Waals surface area contributed by atoms with Crippen LogP contribution >= 0.6 is 11.6 Å². The Morgan fingerprint density at radius 2 is 1.71 bits per heavy atom. The number of halogens is 1. The quantitative estimate of drug-likeness (QED) is 0.312. The van der Waals surface area contributed by atoms with E-state index in [1.54, 1.807) is 44.2 Å². The molecule has 38 heavy (non-hydrogen) atoms. The van der Waals surface area contributed by atoms with Crippen LogP contribution in [0.5, 0.6) is 5.75 Å². The summed E-state index contributed by atoms with van der Waals surface area (Å²) in [6.45, 7) is 9.42. The number of benzene rings is 1. The number of nitrogens with one attached hydrogen (secondary N) is 2. The number of ether oxygens (including phenoxy) is 1. The van der Waals surface area contributed by atoms with Gasteiger partial charge in [-0.15, -0.1) is 0 Å². The number of rotatable bonds is 9. The Labute approximate surface area is 230 Å². The van der Waals surface area contributed by atoms with Crippen LogP contribution in [0.15, 0.2) is 53.7 Å². The standard InChI is InChI=1S/C28H36ClN5O3S/c1-18(2)37-25-14-21(20-10-12-34(5)13-11-20)16-31-28(25)33-27-15-24(22(29)17-30-27)32-23-8-6-7-9-26(23)38(35,36)19(3)4/h6-9,14-20H,10-13H2,1-5H3,(H2,30,31,32,33). The molecule has 1 aliphatic rings. The lowest BCUT2D eigenvalue weighted by molar-refractivity contribution is 0.240. The van der Waals surface area contributed by atoms with Crippen molar-refractivity contribution in [2.24, 2.45) is 0 Å². The van der Waals surface area contributed by atoms with Gasteiger partial charge in [-0.1, -0.05) is 23.7 Å². The van der Waals surface area contributed by atoms with Gasteiger partial charge < -0.3 is 20.3 Å². The molecule has 4 rings (SSSR count). The second kappa shape index (κ2) is 11.9. The number of anilines is 4. The van der Waals surface area contributed by atoms with Gasteiger partial charge in [-0.25, -0.2) is 18.4 Å². The predicted octanol–water partition coefficient (Wildman–Crippen LogP) is 6.40. The van der Waals surface area contributed by atoms with E-state index < -0.39 is 15.1 Å². The van der Waals surface area contributed by atoms with Gasteiger partial charge in [0.25, 0.3) is 0 Å². The number of aromatic nitrogens is 2. The van der Waals surface area contributed by atoms with Crippen LogP contribution in [-0.4, -0.2) is 54.8 Å². The van der Waals surface area contributed by atoms with Gasteiger partial charge in [-0.05, 0) is 90.4 Å². The molecule has 8 nitrogen and oxygen atoms in total. The Balaban J connectivity index is 1.61. The van der Waals surface area contributed by atoms with Gasteiger partial charge in [0.2, 0.25) is 0 Å². The molecule has 1 aliphatic heterocycles. The summed E-state index contributed by atoms with van der Waals surface area (Å²) in [6.07, 6.45) is 5.58. The maximum atomic E-state index is 12.9. The fraction of sp³-hybridized carbons (Fsp3) is 0.429. The van der Waals surface area contributed by atoms with Crippen molar-refractivity contribution in [1.82, 2.24) is 14.9 Å². The maximum absolute atomic E-state index is 12.9. The van der Waals surface area contributed by atoms with Crippen molar-refractivity contribution in [2.75, 3.05) is 30.8 Å². The zero-order valence-electron chi connectivity index (χ0n) is 22.5. The average Bonchev–Trinajstić information content (AvgIpc) is 2.87.